The Labute approximate surface area is 112 Å². The number of thioether (sulfide) groups is 1. The van der Waals surface area contributed by atoms with E-state index < -0.39 is 5.97 Å². The number of carbonyl (C=O) groups excluding carboxylic acids is 1. The minimum atomic E-state index is -0.756. The van der Waals surface area contributed by atoms with Gasteiger partial charge in [0.25, 0.3) is 0 Å². The largest absolute Gasteiger partial charge is 0.481 e. The summed E-state index contributed by atoms with van der Waals surface area (Å²) in [5.41, 5.74) is 0. The molecule has 4 nitrogen and oxygen atoms in total. The molecule has 5 heteroatoms. The van der Waals surface area contributed by atoms with Crippen molar-refractivity contribution in [1.29, 1.82) is 0 Å². The van der Waals surface area contributed by atoms with E-state index in [4.69, 9.17) is 5.11 Å². The summed E-state index contributed by atoms with van der Waals surface area (Å²) < 4.78 is 0. The number of amides is 1. The Morgan fingerprint density at radius 2 is 1.94 bits per heavy atom. The van der Waals surface area contributed by atoms with Crippen molar-refractivity contribution >= 4 is 23.6 Å². The highest BCUT2D eigenvalue weighted by Crippen LogP contribution is 2.31. The molecule has 102 valence electrons. The molecule has 2 fully saturated rings. The van der Waals surface area contributed by atoms with E-state index in [2.05, 4.69) is 5.32 Å². The summed E-state index contributed by atoms with van der Waals surface area (Å²) >= 11 is 1.94. The van der Waals surface area contributed by atoms with Crippen LogP contribution in [0.5, 0.6) is 0 Å². The van der Waals surface area contributed by atoms with Crippen LogP contribution < -0.4 is 5.32 Å². The fraction of sp³-hybridized carbons (Fsp3) is 0.846. The summed E-state index contributed by atoms with van der Waals surface area (Å²) in [4.78, 5) is 22.8. The van der Waals surface area contributed by atoms with Gasteiger partial charge in [0.05, 0.1) is 5.92 Å². The molecule has 1 aliphatic heterocycles. The van der Waals surface area contributed by atoms with E-state index >= 15 is 0 Å². The lowest BCUT2D eigenvalue weighted by Gasteiger charge is -2.22. The Bertz CT molecular complexity index is 315. The molecule has 0 aromatic rings. The second-order valence-electron chi connectivity index (χ2n) is 5.28. The normalized spacial score (nSPS) is 32.1. The van der Waals surface area contributed by atoms with E-state index in [1.165, 1.54) is 25.0 Å². The Balaban J connectivity index is 1.70. The van der Waals surface area contributed by atoms with Gasteiger partial charge in [-0.1, -0.05) is 6.42 Å². The van der Waals surface area contributed by atoms with E-state index in [0.29, 0.717) is 18.1 Å². The van der Waals surface area contributed by atoms with E-state index in [9.17, 15) is 9.59 Å². The van der Waals surface area contributed by atoms with Crippen molar-refractivity contribution in [3.8, 4) is 0 Å². The molecule has 1 heterocycles. The minimum Gasteiger partial charge on any atom is -0.481 e. The van der Waals surface area contributed by atoms with Crippen LogP contribution in [-0.2, 0) is 9.59 Å². The maximum absolute atomic E-state index is 11.9. The number of nitrogens with one attached hydrogen (secondary N) is 1. The van der Waals surface area contributed by atoms with Crippen molar-refractivity contribution in [2.24, 2.45) is 11.8 Å². The zero-order valence-electron chi connectivity index (χ0n) is 10.6. The number of hydrogen-bond acceptors (Lipinski definition) is 3. The highest BCUT2D eigenvalue weighted by molar-refractivity contribution is 7.99. The molecular weight excluding hydrogens is 250 g/mol. The van der Waals surface area contributed by atoms with Gasteiger partial charge in [-0.3, -0.25) is 9.59 Å². The molecule has 3 atom stereocenters. The minimum absolute atomic E-state index is 0.0601. The van der Waals surface area contributed by atoms with E-state index in [0.717, 1.165) is 13.0 Å². The van der Waals surface area contributed by atoms with Crippen LogP contribution in [0.1, 0.15) is 38.5 Å². The first-order chi connectivity index (χ1) is 8.66. The van der Waals surface area contributed by atoms with Crippen molar-refractivity contribution in [1.82, 2.24) is 5.32 Å². The van der Waals surface area contributed by atoms with Crippen molar-refractivity contribution < 1.29 is 14.7 Å². The van der Waals surface area contributed by atoms with Gasteiger partial charge in [-0.25, -0.2) is 0 Å². The van der Waals surface area contributed by atoms with Gasteiger partial charge in [0.2, 0.25) is 5.91 Å². The molecular formula is C13H21NO3S. The Morgan fingerprint density at radius 3 is 2.56 bits per heavy atom. The standard InChI is InChI=1S/C13H21NO3S/c15-12(9-4-5-10(7-9)13(16)17)14-8-11-3-1-2-6-18-11/h9-11H,1-8H2,(H,14,15)(H,16,17)/t9-,10+,11?/m1/s1. The third kappa shape index (κ3) is 3.64. The summed E-state index contributed by atoms with van der Waals surface area (Å²) in [6.07, 6.45) is 5.62. The molecule has 1 unspecified atom stereocenters. The molecule has 2 rings (SSSR count). The predicted molar refractivity (Wildman–Crippen MR) is 71.6 cm³/mol. The SMILES string of the molecule is O=C(O)[C@H]1CC[C@@H](C(=O)NCC2CCCCS2)C1. The molecule has 0 aromatic carbocycles. The second kappa shape index (κ2) is 6.45. The number of carboxylic acids is 1. The van der Waals surface area contributed by atoms with Crippen LogP contribution in [0, 0.1) is 11.8 Å². The summed E-state index contributed by atoms with van der Waals surface area (Å²) in [6, 6.07) is 0. The third-order valence-electron chi connectivity index (χ3n) is 3.93. The topological polar surface area (TPSA) is 66.4 Å². The third-order valence-corrected chi connectivity index (χ3v) is 5.33. The van der Waals surface area contributed by atoms with Gasteiger partial charge in [-0.15, -0.1) is 0 Å². The number of aliphatic carboxylic acids is 1. The lowest BCUT2D eigenvalue weighted by molar-refractivity contribution is -0.141. The zero-order valence-corrected chi connectivity index (χ0v) is 11.4. The summed E-state index contributed by atoms with van der Waals surface area (Å²) in [7, 11) is 0. The van der Waals surface area contributed by atoms with Crippen LogP contribution in [0.4, 0.5) is 0 Å². The van der Waals surface area contributed by atoms with Gasteiger partial charge in [-0.2, -0.15) is 11.8 Å². The number of rotatable bonds is 4. The fourth-order valence-electron chi connectivity index (χ4n) is 2.77. The van der Waals surface area contributed by atoms with Crippen molar-refractivity contribution in [3.05, 3.63) is 0 Å². The molecule has 0 radical (unpaired) electrons. The lowest BCUT2D eigenvalue weighted by Crippen LogP contribution is -2.35. The molecule has 2 aliphatic rings. The van der Waals surface area contributed by atoms with Crippen LogP contribution in [0.3, 0.4) is 0 Å². The average Bonchev–Trinajstić information content (AvgIpc) is 2.87. The van der Waals surface area contributed by atoms with Crippen molar-refractivity contribution in [2.45, 2.75) is 43.8 Å². The Morgan fingerprint density at radius 1 is 1.17 bits per heavy atom. The van der Waals surface area contributed by atoms with Gasteiger partial charge in [-0.05, 0) is 37.9 Å². The Hall–Kier alpha value is -0.710. The molecule has 2 N–H and O–H groups in total. The van der Waals surface area contributed by atoms with E-state index in [-0.39, 0.29) is 17.7 Å². The highest BCUT2D eigenvalue weighted by Gasteiger charge is 2.33. The molecule has 1 saturated carbocycles. The monoisotopic (exact) mass is 271 g/mol. The van der Waals surface area contributed by atoms with Crippen LogP contribution in [0.15, 0.2) is 0 Å². The zero-order chi connectivity index (χ0) is 13.0. The molecule has 18 heavy (non-hydrogen) atoms. The maximum Gasteiger partial charge on any atom is 0.306 e. The van der Waals surface area contributed by atoms with Crippen LogP contribution in [0.25, 0.3) is 0 Å². The summed E-state index contributed by atoms with van der Waals surface area (Å²) in [5.74, 6) is 0.105. The predicted octanol–water partition coefficient (Wildman–Crippen LogP) is 1.89. The molecule has 1 aliphatic carbocycles. The van der Waals surface area contributed by atoms with Gasteiger partial charge in [0, 0.05) is 17.7 Å². The first-order valence-electron chi connectivity index (χ1n) is 6.79. The van der Waals surface area contributed by atoms with Gasteiger partial charge < -0.3 is 10.4 Å². The highest BCUT2D eigenvalue weighted by atomic mass is 32.2. The summed E-state index contributed by atoms with van der Waals surface area (Å²) in [5, 5.41) is 12.5. The number of carbonyl (C=O) groups is 2. The molecule has 1 saturated heterocycles. The van der Waals surface area contributed by atoms with Gasteiger partial charge in [0.1, 0.15) is 0 Å². The van der Waals surface area contributed by atoms with Crippen LogP contribution in [0.2, 0.25) is 0 Å². The molecule has 0 spiro atoms. The Kier molecular flexibility index (Phi) is 4.92. The van der Waals surface area contributed by atoms with Crippen LogP contribution in [-0.4, -0.2) is 34.5 Å². The molecule has 0 aromatic heterocycles. The fourth-order valence-corrected chi connectivity index (χ4v) is 4.01. The quantitative estimate of drug-likeness (QED) is 0.819. The van der Waals surface area contributed by atoms with E-state index in [1.54, 1.807) is 0 Å². The van der Waals surface area contributed by atoms with Crippen molar-refractivity contribution in [2.75, 3.05) is 12.3 Å². The van der Waals surface area contributed by atoms with Gasteiger partial charge in [0.15, 0.2) is 0 Å². The number of carboxylic acid groups (broad SMARTS) is 1. The maximum atomic E-state index is 11.9. The summed E-state index contributed by atoms with van der Waals surface area (Å²) in [6.45, 7) is 0.748. The molecule has 0 bridgehead atoms. The van der Waals surface area contributed by atoms with Gasteiger partial charge >= 0.3 is 5.97 Å². The second-order valence-corrected chi connectivity index (χ2v) is 6.69. The molecule has 1 amide bonds. The first-order valence-corrected chi connectivity index (χ1v) is 7.84. The van der Waals surface area contributed by atoms with Crippen LogP contribution >= 0.6 is 11.8 Å². The average molecular weight is 271 g/mol. The smallest absolute Gasteiger partial charge is 0.306 e. The van der Waals surface area contributed by atoms with E-state index in [1.807, 2.05) is 11.8 Å². The number of hydrogen-bond donors (Lipinski definition) is 2. The lowest BCUT2D eigenvalue weighted by atomic mass is 10.0. The first kappa shape index (κ1) is 13.7. The van der Waals surface area contributed by atoms with Crippen molar-refractivity contribution in [3.63, 3.8) is 0 Å².